The topological polar surface area (TPSA) is 74.8 Å². The molecule has 0 radical (unpaired) electrons. The van der Waals surface area contributed by atoms with Crippen LogP contribution in [0.3, 0.4) is 0 Å². The van der Waals surface area contributed by atoms with Gasteiger partial charge in [0.05, 0.1) is 33.6 Å². The van der Waals surface area contributed by atoms with Gasteiger partial charge in [0.1, 0.15) is 0 Å². The summed E-state index contributed by atoms with van der Waals surface area (Å²) in [5.41, 5.74) is 5.01. The van der Waals surface area contributed by atoms with Crippen molar-refractivity contribution in [1.82, 2.24) is 0 Å². The van der Waals surface area contributed by atoms with Crippen molar-refractivity contribution in [1.29, 1.82) is 0 Å². The largest absolute Gasteiger partial charge is 0.268 e. The summed E-state index contributed by atoms with van der Waals surface area (Å²) >= 11 is 14.3. The van der Waals surface area contributed by atoms with Gasteiger partial charge >= 0.3 is 0 Å². The first kappa shape index (κ1) is 27.5. The van der Waals surface area contributed by atoms with Gasteiger partial charge in [-0.15, -0.1) is 0 Å². The lowest BCUT2D eigenvalue weighted by molar-refractivity contribution is 0.0871. The van der Waals surface area contributed by atoms with Crippen LogP contribution in [-0.4, -0.2) is 23.6 Å². The van der Waals surface area contributed by atoms with Gasteiger partial charge in [0, 0.05) is 28.7 Å². The molecule has 2 aliphatic rings. The third kappa shape index (κ3) is 3.62. The maximum atomic E-state index is 14.2. The average Bonchev–Trinajstić information content (AvgIpc) is 2.86. The summed E-state index contributed by atoms with van der Waals surface area (Å²) in [7, 11) is 0. The summed E-state index contributed by atoms with van der Waals surface area (Å²) in [5.74, 6) is -2.21. The number of amides is 4. The molecule has 6 nitrogen and oxygen atoms in total. The Morgan fingerprint density at radius 1 is 0.525 bits per heavy atom. The van der Waals surface area contributed by atoms with E-state index in [2.05, 4.69) is 63.7 Å². The van der Waals surface area contributed by atoms with E-state index in [4.69, 9.17) is 0 Å². The molecule has 2 heterocycles. The second-order valence-corrected chi connectivity index (χ2v) is 13.2. The molecule has 4 aromatic carbocycles. The van der Waals surface area contributed by atoms with Crippen molar-refractivity contribution >= 4 is 109 Å². The van der Waals surface area contributed by atoms with Crippen LogP contribution in [0.5, 0.6) is 0 Å². The van der Waals surface area contributed by atoms with Gasteiger partial charge in [0.2, 0.25) is 0 Å². The maximum Gasteiger partial charge on any atom is 0.267 e. The van der Waals surface area contributed by atoms with Gasteiger partial charge in [-0.3, -0.25) is 19.2 Å². The number of carbonyl (C=O) groups is 4. The highest BCUT2D eigenvalue weighted by Gasteiger charge is 2.46. The van der Waals surface area contributed by atoms with Crippen LogP contribution in [0.15, 0.2) is 54.3 Å². The third-order valence-electron chi connectivity index (χ3n) is 7.31. The average molecular weight is 790 g/mol. The Bertz CT molecular complexity index is 1810. The minimum atomic E-state index is -0.557. The molecule has 0 N–H and O–H groups in total. The van der Waals surface area contributed by atoms with Crippen LogP contribution < -0.4 is 9.80 Å². The lowest BCUT2D eigenvalue weighted by Crippen LogP contribution is -2.45. The van der Waals surface area contributed by atoms with Crippen LogP contribution in [0.1, 0.15) is 63.7 Å². The molecule has 0 aromatic heterocycles. The monoisotopic (exact) mass is 786 g/mol. The summed E-state index contributed by atoms with van der Waals surface area (Å²) in [5, 5.41) is 0.517. The van der Waals surface area contributed by atoms with Crippen molar-refractivity contribution in [2.75, 3.05) is 9.80 Å². The molecular weight excluding hydrogens is 772 g/mol. The van der Waals surface area contributed by atoms with Crippen molar-refractivity contribution in [3.05, 3.63) is 98.8 Å². The van der Waals surface area contributed by atoms with E-state index in [0.29, 0.717) is 29.3 Å². The van der Waals surface area contributed by atoms with E-state index in [-0.39, 0.29) is 33.0 Å². The molecule has 4 aromatic rings. The van der Waals surface area contributed by atoms with Crippen LogP contribution in [0.2, 0.25) is 0 Å². The number of hydrogen-bond acceptors (Lipinski definition) is 4. The first-order valence-electron chi connectivity index (χ1n) is 12.1. The molecule has 2 aliphatic heterocycles. The quantitative estimate of drug-likeness (QED) is 0.191. The fourth-order valence-corrected chi connectivity index (χ4v) is 8.00. The summed E-state index contributed by atoms with van der Waals surface area (Å²) in [6.45, 7) is 7.47. The van der Waals surface area contributed by atoms with E-state index in [1.165, 1.54) is 4.90 Å². The molecule has 0 aliphatic carbocycles. The number of benzene rings is 4. The fourth-order valence-electron chi connectivity index (χ4n) is 5.74. The molecule has 40 heavy (non-hydrogen) atoms. The molecule has 0 unspecified atom stereocenters. The predicted octanol–water partition coefficient (Wildman–Crippen LogP) is 8.72. The van der Waals surface area contributed by atoms with Crippen LogP contribution in [-0.2, 0) is 0 Å². The van der Waals surface area contributed by atoms with E-state index < -0.39 is 23.6 Å². The van der Waals surface area contributed by atoms with Crippen molar-refractivity contribution < 1.29 is 19.2 Å². The molecule has 4 amide bonds. The number of para-hydroxylation sites is 1. The van der Waals surface area contributed by atoms with Gasteiger partial charge in [-0.2, -0.15) is 0 Å². The Kier molecular flexibility index (Phi) is 6.49. The van der Waals surface area contributed by atoms with Gasteiger partial charge < -0.3 is 0 Å². The number of nitrogens with zero attached hydrogens (tertiary/aromatic N) is 2. The lowest BCUT2D eigenvalue weighted by atomic mass is 9.85. The highest BCUT2D eigenvalue weighted by atomic mass is 79.9. The standard InChI is InChI=1S/C30H18Br4N2O4/c1-11-8-12(2)10-15(9-11)35-27(37)18-16-17-20(24(33)22(18)31)29(39)36(26-13(3)6-5-7-14(26)4)30(40)21(17)25(34)23(32)19(16)28(35)38/h5-10H,1-4H3. The van der Waals surface area contributed by atoms with E-state index in [1.54, 1.807) is 12.1 Å². The fraction of sp³-hybridized carbons (Fsp3) is 0.133. The predicted molar refractivity (Wildman–Crippen MR) is 169 cm³/mol. The lowest BCUT2D eigenvalue weighted by Gasteiger charge is -2.35. The number of imide groups is 2. The van der Waals surface area contributed by atoms with Crippen molar-refractivity contribution in [2.45, 2.75) is 27.7 Å². The van der Waals surface area contributed by atoms with Crippen molar-refractivity contribution in [3.8, 4) is 0 Å². The van der Waals surface area contributed by atoms with Crippen LogP contribution in [0.25, 0.3) is 10.8 Å². The maximum absolute atomic E-state index is 14.2. The molecule has 200 valence electrons. The third-order valence-corrected chi connectivity index (χ3v) is 11.5. The summed E-state index contributed by atoms with van der Waals surface area (Å²) in [6, 6.07) is 11.1. The zero-order valence-corrected chi connectivity index (χ0v) is 27.8. The van der Waals surface area contributed by atoms with Crippen molar-refractivity contribution in [2.24, 2.45) is 0 Å². The second kappa shape index (κ2) is 9.44. The van der Waals surface area contributed by atoms with E-state index in [9.17, 15) is 19.2 Å². The number of aryl methyl sites for hydroxylation is 4. The van der Waals surface area contributed by atoms with Gasteiger partial charge in [-0.05, 0) is 126 Å². The minimum Gasteiger partial charge on any atom is -0.268 e. The normalized spacial score (nSPS) is 14.6. The van der Waals surface area contributed by atoms with Crippen LogP contribution >= 0.6 is 63.7 Å². The molecule has 0 saturated carbocycles. The number of halogens is 4. The zero-order chi connectivity index (χ0) is 28.9. The summed E-state index contributed by atoms with van der Waals surface area (Å²) in [4.78, 5) is 58.9. The summed E-state index contributed by atoms with van der Waals surface area (Å²) in [6.07, 6.45) is 0. The van der Waals surface area contributed by atoms with Gasteiger partial charge in [-0.25, -0.2) is 9.80 Å². The highest BCUT2D eigenvalue weighted by molar-refractivity contribution is 9.13. The van der Waals surface area contributed by atoms with E-state index >= 15 is 0 Å². The Balaban J connectivity index is 1.73. The molecule has 0 spiro atoms. The van der Waals surface area contributed by atoms with E-state index in [0.717, 1.165) is 27.2 Å². The summed E-state index contributed by atoms with van der Waals surface area (Å²) < 4.78 is 1.31. The molecule has 0 atom stereocenters. The Morgan fingerprint density at radius 3 is 1.25 bits per heavy atom. The van der Waals surface area contributed by atoms with E-state index in [1.807, 2.05) is 52.0 Å². The molecule has 10 heteroatoms. The molecule has 6 rings (SSSR count). The Labute approximate surface area is 263 Å². The first-order chi connectivity index (χ1) is 18.9. The van der Waals surface area contributed by atoms with Crippen LogP contribution in [0.4, 0.5) is 11.4 Å². The van der Waals surface area contributed by atoms with Gasteiger partial charge in [0.15, 0.2) is 0 Å². The molecule has 0 saturated heterocycles. The smallest absolute Gasteiger partial charge is 0.267 e. The SMILES string of the molecule is Cc1cc(C)cc(N2C(=O)c3c(Br)c(Br)c4c5c(c(Br)c(Br)c(c35)C2=O)C(=O)N(c2c(C)cccc2C)C4=O)c1. The Hall–Kier alpha value is -2.66. The number of hydrogen-bond donors (Lipinski definition) is 0. The number of carbonyl (C=O) groups excluding carboxylic acids is 4. The zero-order valence-electron chi connectivity index (χ0n) is 21.5. The Morgan fingerprint density at radius 2 is 0.875 bits per heavy atom. The number of anilines is 2. The van der Waals surface area contributed by atoms with Crippen molar-refractivity contribution in [3.63, 3.8) is 0 Å². The van der Waals surface area contributed by atoms with Gasteiger partial charge in [-0.1, -0.05) is 24.3 Å². The minimum absolute atomic E-state index is 0.190. The first-order valence-corrected chi connectivity index (χ1v) is 15.3. The molecule has 0 bridgehead atoms. The number of rotatable bonds is 2. The van der Waals surface area contributed by atoms with Crippen LogP contribution in [0, 0.1) is 27.7 Å². The molecule has 0 fully saturated rings. The second-order valence-electron chi connectivity index (χ2n) is 9.98. The highest BCUT2D eigenvalue weighted by Crippen LogP contribution is 2.51. The molecular formula is C30H18Br4N2O4. The van der Waals surface area contributed by atoms with Gasteiger partial charge in [0.25, 0.3) is 23.6 Å².